The highest BCUT2D eigenvalue weighted by molar-refractivity contribution is 7.89. The molecule has 2 fully saturated rings. The predicted molar refractivity (Wildman–Crippen MR) is 82.0 cm³/mol. The summed E-state index contributed by atoms with van der Waals surface area (Å²) in [5.74, 6) is 0. The third-order valence-corrected chi connectivity index (χ3v) is 6.62. The van der Waals surface area contributed by atoms with Crippen LogP contribution in [0.1, 0.15) is 19.3 Å². The van der Waals surface area contributed by atoms with Crippen molar-refractivity contribution in [3.63, 3.8) is 0 Å². The minimum Gasteiger partial charge on any atom is -0.373 e. The largest absolute Gasteiger partial charge is 0.373 e. The molecular formula is C14H24N4O3S. The van der Waals surface area contributed by atoms with E-state index in [4.69, 9.17) is 4.74 Å². The van der Waals surface area contributed by atoms with Crippen molar-refractivity contribution in [2.24, 2.45) is 7.05 Å². The fourth-order valence-corrected chi connectivity index (χ4v) is 4.70. The first-order valence-electron chi connectivity index (χ1n) is 7.61. The summed E-state index contributed by atoms with van der Waals surface area (Å²) in [6, 6.07) is 0.430. The van der Waals surface area contributed by atoms with Gasteiger partial charge in [-0.05, 0) is 33.4 Å². The Morgan fingerprint density at radius 2 is 2.05 bits per heavy atom. The van der Waals surface area contributed by atoms with E-state index in [-0.39, 0.29) is 10.6 Å². The number of likely N-dealkylation sites (N-methyl/N-ethyl adjacent to an activating group) is 1. The van der Waals surface area contributed by atoms with Gasteiger partial charge in [-0.25, -0.2) is 13.4 Å². The lowest BCUT2D eigenvalue weighted by atomic mass is 9.88. The third-order valence-electron chi connectivity index (χ3n) is 4.84. The second-order valence-corrected chi connectivity index (χ2v) is 8.48. The number of aromatic nitrogens is 2. The van der Waals surface area contributed by atoms with Crippen LogP contribution in [0.5, 0.6) is 0 Å². The zero-order valence-electron chi connectivity index (χ0n) is 13.4. The monoisotopic (exact) mass is 328 g/mol. The highest BCUT2D eigenvalue weighted by atomic mass is 32.2. The molecule has 1 aromatic rings. The molecule has 7 nitrogen and oxygen atoms in total. The van der Waals surface area contributed by atoms with Crippen LogP contribution in [-0.2, 0) is 21.8 Å². The molecule has 22 heavy (non-hydrogen) atoms. The van der Waals surface area contributed by atoms with Crippen molar-refractivity contribution in [1.82, 2.24) is 18.8 Å². The number of rotatable bonds is 3. The van der Waals surface area contributed by atoms with E-state index in [9.17, 15) is 8.42 Å². The van der Waals surface area contributed by atoms with Gasteiger partial charge in [-0.2, -0.15) is 4.31 Å². The molecule has 3 rings (SSSR count). The van der Waals surface area contributed by atoms with Crippen LogP contribution in [-0.4, -0.2) is 72.6 Å². The van der Waals surface area contributed by atoms with Crippen molar-refractivity contribution < 1.29 is 13.2 Å². The van der Waals surface area contributed by atoms with Crippen LogP contribution in [0.15, 0.2) is 17.6 Å². The van der Waals surface area contributed by atoms with E-state index in [0.717, 1.165) is 25.9 Å². The lowest BCUT2D eigenvalue weighted by Crippen LogP contribution is -2.46. The minimum atomic E-state index is -3.48. The first kappa shape index (κ1) is 15.9. The molecule has 0 aliphatic carbocycles. The summed E-state index contributed by atoms with van der Waals surface area (Å²) in [5.41, 5.74) is -0.148. The van der Waals surface area contributed by atoms with Gasteiger partial charge in [0, 0.05) is 32.4 Å². The van der Waals surface area contributed by atoms with Crippen LogP contribution >= 0.6 is 0 Å². The van der Waals surface area contributed by atoms with Gasteiger partial charge in [0.05, 0.1) is 18.5 Å². The maximum absolute atomic E-state index is 12.6. The first-order valence-corrected chi connectivity index (χ1v) is 9.05. The molecule has 1 aromatic heterocycles. The van der Waals surface area contributed by atoms with Crippen molar-refractivity contribution in [3.8, 4) is 0 Å². The van der Waals surface area contributed by atoms with Gasteiger partial charge < -0.3 is 14.2 Å². The van der Waals surface area contributed by atoms with Crippen LogP contribution in [0.4, 0.5) is 0 Å². The molecule has 0 radical (unpaired) electrons. The summed E-state index contributed by atoms with van der Waals surface area (Å²) >= 11 is 0. The smallest absolute Gasteiger partial charge is 0.262 e. The summed E-state index contributed by atoms with van der Waals surface area (Å²) < 4.78 is 34.4. The van der Waals surface area contributed by atoms with E-state index in [2.05, 4.69) is 24.0 Å². The second-order valence-electron chi connectivity index (χ2n) is 6.60. The normalized spacial score (nSPS) is 26.1. The molecule has 0 saturated carbocycles. The van der Waals surface area contributed by atoms with Crippen molar-refractivity contribution in [2.45, 2.75) is 35.9 Å². The molecule has 1 atom stereocenters. The van der Waals surface area contributed by atoms with Crippen molar-refractivity contribution in [1.29, 1.82) is 0 Å². The summed E-state index contributed by atoms with van der Waals surface area (Å²) in [6.45, 7) is 1.73. The van der Waals surface area contributed by atoms with Crippen LogP contribution in [0.2, 0.25) is 0 Å². The van der Waals surface area contributed by atoms with E-state index in [1.807, 2.05) is 0 Å². The topological polar surface area (TPSA) is 67.7 Å². The van der Waals surface area contributed by atoms with Gasteiger partial charge >= 0.3 is 0 Å². The molecule has 2 saturated heterocycles. The molecule has 8 heteroatoms. The van der Waals surface area contributed by atoms with Gasteiger partial charge in [-0.15, -0.1) is 0 Å². The van der Waals surface area contributed by atoms with Gasteiger partial charge in [-0.3, -0.25) is 0 Å². The van der Waals surface area contributed by atoms with E-state index >= 15 is 0 Å². The second kappa shape index (κ2) is 5.59. The van der Waals surface area contributed by atoms with Crippen LogP contribution in [0.3, 0.4) is 0 Å². The van der Waals surface area contributed by atoms with Crippen LogP contribution in [0, 0.1) is 0 Å². The summed E-state index contributed by atoms with van der Waals surface area (Å²) in [4.78, 5) is 6.17. The highest BCUT2D eigenvalue weighted by Crippen LogP contribution is 2.38. The van der Waals surface area contributed by atoms with Gasteiger partial charge in [0.1, 0.15) is 0 Å². The number of aryl methyl sites for hydroxylation is 1. The summed E-state index contributed by atoms with van der Waals surface area (Å²) in [5, 5.41) is 0.129. The van der Waals surface area contributed by atoms with E-state index in [1.54, 1.807) is 17.8 Å². The number of ether oxygens (including phenoxy) is 1. The summed E-state index contributed by atoms with van der Waals surface area (Å²) in [7, 11) is 2.41. The Bertz CT molecular complexity index is 632. The van der Waals surface area contributed by atoms with Gasteiger partial charge in [0.15, 0.2) is 5.03 Å². The van der Waals surface area contributed by atoms with Crippen LogP contribution < -0.4 is 0 Å². The fourth-order valence-electron chi connectivity index (χ4n) is 3.29. The maximum atomic E-state index is 12.6. The molecule has 2 aliphatic rings. The predicted octanol–water partition coefficient (Wildman–Crippen LogP) is 0.294. The molecule has 0 bridgehead atoms. The molecule has 0 N–H and O–H groups in total. The average molecular weight is 328 g/mol. The van der Waals surface area contributed by atoms with E-state index < -0.39 is 10.0 Å². The molecule has 1 unspecified atom stereocenters. The van der Waals surface area contributed by atoms with E-state index in [1.165, 1.54) is 10.6 Å². The number of piperidine rings is 1. The minimum absolute atomic E-state index is 0.129. The quantitative estimate of drug-likeness (QED) is 0.798. The maximum Gasteiger partial charge on any atom is 0.262 e. The Morgan fingerprint density at radius 3 is 2.55 bits per heavy atom. The molecular weight excluding hydrogens is 304 g/mol. The molecule has 124 valence electrons. The number of imidazole rings is 1. The lowest BCUT2D eigenvalue weighted by Gasteiger charge is -2.37. The Balaban J connectivity index is 1.67. The Labute approximate surface area is 131 Å². The Morgan fingerprint density at radius 1 is 1.36 bits per heavy atom. The molecule has 0 aromatic carbocycles. The molecule has 3 heterocycles. The van der Waals surface area contributed by atoms with Crippen molar-refractivity contribution in [3.05, 3.63) is 12.5 Å². The van der Waals surface area contributed by atoms with E-state index in [0.29, 0.717) is 19.1 Å². The Hall–Kier alpha value is -0.960. The van der Waals surface area contributed by atoms with Crippen molar-refractivity contribution >= 4 is 10.0 Å². The molecule has 1 spiro atoms. The molecule has 0 amide bonds. The fraction of sp³-hybridized carbons (Fsp3) is 0.786. The third kappa shape index (κ3) is 2.80. The van der Waals surface area contributed by atoms with Gasteiger partial charge in [-0.1, -0.05) is 0 Å². The summed E-state index contributed by atoms with van der Waals surface area (Å²) in [6.07, 6.45) is 5.55. The number of hydrogen-bond donors (Lipinski definition) is 0. The zero-order valence-corrected chi connectivity index (χ0v) is 14.2. The van der Waals surface area contributed by atoms with Gasteiger partial charge in [0.2, 0.25) is 0 Å². The van der Waals surface area contributed by atoms with Crippen LogP contribution in [0.25, 0.3) is 0 Å². The Kier molecular flexibility index (Phi) is 4.05. The average Bonchev–Trinajstić information content (AvgIpc) is 3.07. The zero-order chi connectivity index (χ0) is 16.0. The first-order chi connectivity index (χ1) is 10.3. The van der Waals surface area contributed by atoms with Gasteiger partial charge in [0.25, 0.3) is 10.0 Å². The SMILES string of the molecule is CN(C)C1COC2(CCN(S(=O)(=O)c3cn(C)cn3)CC2)C1. The molecule has 2 aliphatic heterocycles. The lowest BCUT2D eigenvalue weighted by molar-refractivity contribution is -0.0315. The number of hydrogen-bond acceptors (Lipinski definition) is 5. The number of sulfonamides is 1. The standard InChI is InChI=1S/C14H24N4O3S/c1-16(2)12-8-14(21-10-12)4-6-18(7-5-14)22(19,20)13-9-17(3)11-15-13/h9,11-12H,4-8,10H2,1-3H3. The number of nitrogens with zero attached hydrogens (tertiary/aromatic N) is 4. The highest BCUT2D eigenvalue weighted by Gasteiger charge is 2.45. The van der Waals surface area contributed by atoms with Crippen molar-refractivity contribution in [2.75, 3.05) is 33.8 Å².